The van der Waals surface area contributed by atoms with Gasteiger partial charge in [0.1, 0.15) is 0 Å². The molecule has 0 atom stereocenters. The minimum absolute atomic E-state index is 0.266. The Kier molecular flexibility index (Phi) is 5.62. The molecule has 2 nitrogen and oxygen atoms in total. The highest BCUT2D eigenvalue weighted by Crippen LogP contribution is 2.28. The van der Waals surface area contributed by atoms with Crippen molar-refractivity contribution in [2.45, 2.75) is 58.4 Å². The summed E-state index contributed by atoms with van der Waals surface area (Å²) >= 11 is 0. The number of ether oxygens (including phenoxy) is 1. The molecule has 0 aliphatic heterocycles. The predicted octanol–water partition coefficient (Wildman–Crippen LogP) is 2.97. The second kappa shape index (κ2) is 6.49. The zero-order valence-electron chi connectivity index (χ0n) is 10.6. The van der Waals surface area contributed by atoms with Crippen LogP contribution in [0, 0.1) is 5.92 Å². The highest BCUT2D eigenvalue weighted by Gasteiger charge is 2.20. The number of nitrogens with one attached hydrogen (secondary N) is 1. The molecule has 1 saturated carbocycles. The highest BCUT2D eigenvalue weighted by molar-refractivity contribution is 4.72. The molecule has 0 spiro atoms. The molecule has 0 aromatic rings. The fourth-order valence-electron chi connectivity index (χ4n) is 1.50. The van der Waals surface area contributed by atoms with E-state index in [1.54, 1.807) is 0 Å². The molecule has 0 aromatic heterocycles. The molecule has 0 amide bonds. The van der Waals surface area contributed by atoms with Crippen LogP contribution in [-0.2, 0) is 4.74 Å². The van der Waals surface area contributed by atoms with Crippen LogP contribution in [0.1, 0.15) is 52.9 Å². The van der Waals surface area contributed by atoms with E-state index in [-0.39, 0.29) is 5.54 Å². The Balaban J connectivity index is 1.72. The summed E-state index contributed by atoms with van der Waals surface area (Å²) in [6.07, 6.45) is 6.57. The summed E-state index contributed by atoms with van der Waals surface area (Å²) in [7, 11) is 0. The van der Waals surface area contributed by atoms with Crippen LogP contribution in [0.25, 0.3) is 0 Å². The topological polar surface area (TPSA) is 21.3 Å². The first-order chi connectivity index (χ1) is 7.08. The molecule has 0 unspecified atom stereocenters. The van der Waals surface area contributed by atoms with E-state index in [9.17, 15) is 0 Å². The van der Waals surface area contributed by atoms with Gasteiger partial charge >= 0.3 is 0 Å². The van der Waals surface area contributed by atoms with Crippen molar-refractivity contribution in [1.82, 2.24) is 5.32 Å². The van der Waals surface area contributed by atoms with Crippen molar-refractivity contribution in [3.05, 3.63) is 0 Å². The van der Waals surface area contributed by atoms with E-state index in [4.69, 9.17) is 4.74 Å². The second-order valence-corrected chi connectivity index (χ2v) is 5.76. The van der Waals surface area contributed by atoms with Gasteiger partial charge in [0.25, 0.3) is 0 Å². The van der Waals surface area contributed by atoms with Gasteiger partial charge in [-0.15, -0.1) is 0 Å². The maximum atomic E-state index is 5.58. The van der Waals surface area contributed by atoms with Crippen LogP contribution < -0.4 is 5.32 Å². The minimum Gasteiger partial charge on any atom is -0.381 e. The summed E-state index contributed by atoms with van der Waals surface area (Å²) in [6.45, 7) is 9.75. The largest absolute Gasteiger partial charge is 0.381 e. The van der Waals surface area contributed by atoms with Crippen LogP contribution in [0.2, 0.25) is 0 Å². The lowest BCUT2D eigenvalue weighted by Gasteiger charge is -2.20. The summed E-state index contributed by atoms with van der Waals surface area (Å²) < 4.78 is 5.58. The van der Waals surface area contributed by atoms with E-state index in [0.717, 1.165) is 25.7 Å². The van der Waals surface area contributed by atoms with E-state index >= 15 is 0 Å². The van der Waals surface area contributed by atoms with Crippen molar-refractivity contribution >= 4 is 0 Å². The van der Waals surface area contributed by atoms with E-state index in [0.29, 0.717) is 0 Å². The van der Waals surface area contributed by atoms with Crippen molar-refractivity contribution in [2.75, 3.05) is 19.8 Å². The number of hydrogen-bond acceptors (Lipinski definition) is 2. The van der Waals surface area contributed by atoms with Gasteiger partial charge in [-0.1, -0.05) is 0 Å². The van der Waals surface area contributed by atoms with Crippen LogP contribution in [0.15, 0.2) is 0 Å². The minimum atomic E-state index is 0.266. The first-order valence-electron chi connectivity index (χ1n) is 6.41. The van der Waals surface area contributed by atoms with Crippen LogP contribution in [0.5, 0.6) is 0 Å². The SMILES string of the molecule is CC(C)(C)NCCCCCOCC1CC1. The average Bonchev–Trinajstić information content (AvgIpc) is 2.91. The van der Waals surface area contributed by atoms with E-state index in [2.05, 4.69) is 26.1 Å². The fourth-order valence-corrected chi connectivity index (χ4v) is 1.50. The Labute approximate surface area is 94.8 Å². The second-order valence-electron chi connectivity index (χ2n) is 5.76. The molecule has 1 aliphatic carbocycles. The maximum Gasteiger partial charge on any atom is 0.0494 e. The molecule has 0 radical (unpaired) electrons. The fraction of sp³-hybridized carbons (Fsp3) is 1.00. The van der Waals surface area contributed by atoms with E-state index in [1.165, 1.54) is 32.1 Å². The van der Waals surface area contributed by atoms with Crippen molar-refractivity contribution in [1.29, 1.82) is 0 Å². The molecule has 1 fully saturated rings. The Morgan fingerprint density at radius 2 is 1.87 bits per heavy atom. The van der Waals surface area contributed by atoms with Crippen molar-refractivity contribution in [3.8, 4) is 0 Å². The van der Waals surface area contributed by atoms with Gasteiger partial charge in [-0.2, -0.15) is 0 Å². The molecular weight excluding hydrogens is 186 g/mol. The van der Waals surface area contributed by atoms with Crippen LogP contribution in [-0.4, -0.2) is 25.3 Å². The Morgan fingerprint density at radius 1 is 1.13 bits per heavy atom. The number of hydrogen-bond donors (Lipinski definition) is 1. The van der Waals surface area contributed by atoms with Gasteiger partial charge in [-0.25, -0.2) is 0 Å². The zero-order chi connectivity index (χ0) is 11.1. The lowest BCUT2D eigenvalue weighted by molar-refractivity contribution is 0.120. The Hall–Kier alpha value is -0.0800. The molecule has 1 N–H and O–H groups in total. The summed E-state index contributed by atoms with van der Waals surface area (Å²) in [5.41, 5.74) is 0.266. The molecule has 0 aromatic carbocycles. The molecule has 15 heavy (non-hydrogen) atoms. The summed E-state index contributed by atoms with van der Waals surface area (Å²) in [6, 6.07) is 0. The average molecular weight is 213 g/mol. The van der Waals surface area contributed by atoms with Gasteiger partial charge in [0.2, 0.25) is 0 Å². The van der Waals surface area contributed by atoms with Gasteiger partial charge < -0.3 is 10.1 Å². The first-order valence-corrected chi connectivity index (χ1v) is 6.41. The molecule has 0 bridgehead atoms. The summed E-state index contributed by atoms with van der Waals surface area (Å²) in [5.74, 6) is 0.910. The van der Waals surface area contributed by atoms with Crippen molar-refractivity contribution in [2.24, 2.45) is 5.92 Å². The van der Waals surface area contributed by atoms with Crippen molar-refractivity contribution < 1.29 is 4.74 Å². The molecular formula is C13H27NO. The lowest BCUT2D eigenvalue weighted by Crippen LogP contribution is -2.36. The lowest BCUT2D eigenvalue weighted by atomic mass is 10.1. The molecule has 0 heterocycles. The van der Waals surface area contributed by atoms with Gasteiger partial charge in [-0.05, 0) is 65.3 Å². The standard InChI is InChI=1S/C13H27NO/c1-13(2,3)14-9-5-4-6-10-15-11-12-7-8-12/h12,14H,4-11H2,1-3H3. The number of rotatable bonds is 8. The van der Waals surface area contributed by atoms with Gasteiger partial charge in [0.05, 0.1) is 0 Å². The monoisotopic (exact) mass is 213 g/mol. The zero-order valence-corrected chi connectivity index (χ0v) is 10.6. The summed E-state index contributed by atoms with van der Waals surface area (Å²) in [5, 5.41) is 3.50. The Morgan fingerprint density at radius 3 is 2.47 bits per heavy atom. The quantitative estimate of drug-likeness (QED) is 0.626. The molecule has 90 valence electrons. The van der Waals surface area contributed by atoms with Gasteiger partial charge in [-0.3, -0.25) is 0 Å². The smallest absolute Gasteiger partial charge is 0.0494 e. The first kappa shape index (κ1) is 13.0. The maximum absolute atomic E-state index is 5.58. The molecule has 1 aliphatic rings. The van der Waals surface area contributed by atoms with Gasteiger partial charge in [0, 0.05) is 18.8 Å². The summed E-state index contributed by atoms with van der Waals surface area (Å²) in [4.78, 5) is 0. The van der Waals surface area contributed by atoms with E-state index in [1.807, 2.05) is 0 Å². The van der Waals surface area contributed by atoms with Crippen molar-refractivity contribution in [3.63, 3.8) is 0 Å². The van der Waals surface area contributed by atoms with Crippen LogP contribution in [0.4, 0.5) is 0 Å². The third kappa shape index (κ3) is 8.88. The van der Waals surface area contributed by atoms with Crippen LogP contribution >= 0.6 is 0 Å². The molecule has 0 saturated heterocycles. The van der Waals surface area contributed by atoms with Gasteiger partial charge in [0.15, 0.2) is 0 Å². The normalized spacial score (nSPS) is 17.0. The number of unbranched alkanes of at least 4 members (excludes halogenated alkanes) is 2. The third-order valence-corrected chi connectivity index (χ3v) is 2.67. The van der Waals surface area contributed by atoms with Crippen LogP contribution in [0.3, 0.4) is 0 Å². The third-order valence-electron chi connectivity index (χ3n) is 2.67. The highest BCUT2D eigenvalue weighted by atomic mass is 16.5. The Bertz CT molecular complexity index is 158. The van der Waals surface area contributed by atoms with E-state index < -0.39 is 0 Å². The predicted molar refractivity (Wildman–Crippen MR) is 65.1 cm³/mol. The molecule has 2 heteroatoms. The molecule has 1 rings (SSSR count).